The van der Waals surface area contributed by atoms with Crippen LogP contribution in [0, 0.1) is 2.88 Å². The molecule has 23 heavy (non-hydrogen) atoms. The minimum absolute atomic E-state index is 0. The van der Waals surface area contributed by atoms with Gasteiger partial charge >= 0.3 is 0 Å². The van der Waals surface area contributed by atoms with Crippen molar-refractivity contribution >= 4 is 63.9 Å². The Hall–Kier alpha value is -0.430. The van der Waals surface area contributed by atoms with Crippen LogP contribution >= 0.6 is 57.9 Å². The molecule has 0 amide bonds. The molecule has 0 saturated heterocycles. The van der Waals surface area contributed by atoms with Gasteiger partial charge in [-0.3, -0.25) is 4.99 Å². The Morgan fingerprint density at radius 3 is 2.78 bits per heavy atom. The molecule has 2 heterocycles. The van der Waals surface area contributed by atoms with Gasteiger partial charge in [-0.1, -0.05) is 6.92 Å². The van der Waals surface area contributed by atoms with Crippen molar-refractivity contribution in [2.75, 3.05) is 20.1 Å². The summed E-state index contributed by atoms with van der Waals surface area (Å²) in [6.45, 7) is 4.59. The molecule has 2 N–H and O–H groups in total. The van der Waals surface area contributed by atoms with Gasteiger partial charge in [-0.05, 0) is 41.1 Å². The van der Waals surface area contributed by atoms with Crippen molar-refractivity contribution in [3.05, 3.63) is 32.0 Å². The van der Waals surface area contributed by atoms with Crippen LogP contribution in [-0.4, -0.2) is 40.9 Å². The lowest BCUT2D eigenvalue weighted by Gasteiger charge is -2.12. The maximum absolute atomic E-state index is 4.24. The molecule has 0 spiro atoms. The lowest BCUT2D eigenvalue weighted by atomic mass is 10.3. The number of thiophene rings is 1. The number of aryl methyl sites for hydroxylation is 1. The summed E-state index contributed by atoms with van der Waals surface area (Å²) in [6, 6.07) is 4.33. The van der Waals surface area contributed by atoms with Gasteiger partial charge in [0.2, 0.25) is 0 Å². The molecule has 6 nitrogen and oxygen atoms in total. The zero-order valence-corrected chi connectivity index (χ0v) is 18.6. The zero-order valence-electron chi connectivity index (χ0n) is 13.3. The standard InChI is InChI=1S/C14H21IN6S.HI/c1-3-13-20-19-10-21(13)9-8-18-14(16-2)17-7-6-11-4-5-12(15)22-11;/h4-5,10H,3,6-9H2,1-2H3,(H2,16,17,18);1H. The number of guanidine groups is 1. The molecule has 0 aliphatic heterocycles. The van der Waals surface area contributed by atoms with Gasteiger partial charge in [-0.2, -0.15) is 0 Å². The van der Waals surface area contributed by atoms with Crippen LogP contribution in [0.4, 0.5) is 0 Å². The summed E-state index contributed by atoms with van der Waals surface area (Å²) in [4.78, 5) is 5.63. The molecule has 2 aromatic rings. The number of nitrogens with zero attached hydrogens (tertiary/aromatic N) is 4. The molecule has 0 fully saturated rings. The van der Waals surface area contributed by atoms with Gasteiger partial charge in [0.05, 0.1) is 2.88 Å². The second-order valence-corrected chi connectivity index (χ2v) is 7.74. The van der Waals surface area contributed by atoms with Crippen LogP contribution in [0.15, 0.2) is 23.5 Å². The number of aliphatic imine (C=N–C) groups is 1. The van der Waals surface area contributed by atoms with Gasteiger partial charge in [-0.25, -0.2) is 0 Å². The first-order valence-corrected chi connectivity index (χ1v) is 9.18. The number of nitrogens with one attached hydrogen (secondary N) is 2. The summed E-state index contributed by atoms with van der Waals surface area (Å²) in [5, 5.41) is 14.7. The molecule has 128 valence electrons. The van der Waals surface area contributed by atoms with Gasteiger partial charge in [-0.15, -0.1) is 45.5 Å². The fourth-order valence-electron chi connectivity index (χ4n) is 2.05. The van der Waals surface area contributed by atoms with Crippen LogP contribution in [0.3, 0.4) is 0 Å². The van der Waals surface area contributed by atoms with Crippen LogP contribution in [0.2, 0.25) is 0 Å². The SMILES string of the molecule is CCc1nncn1CCNC(=NC)NCCc1ccc(I)s1.I. The van der Waals surface area contributed by atoms with E-state index < -0.39 is 0 Å². The quantitative estimate of drug-likeness (QED) is 0.311. The third kappa shape index (κ3) is 6.91. The van der Waals surface area contributed by atoms with E-state index in [1.165, 1.54) is 7.76 Å². The van der Waals surface area contributed by atoms with Crippen molar-refractivity contribution in [1.82, 2.24) is 25.4 Å². The first-order valence-electron chi connectivity index (χ1n) is 7.28. The van der Waals surface area contributed by atoms with Crippen molar-refractivity contribution in [3.8, 4) is 0 Å². The molecule has 0 radical (unpaired) electrons. The predicted molar refractivity (Wildman–Crippen MR) is 115 cm³/mol. The van der Waals surface area contributed by atoms with Crippen molar-refractivity contribution < 1.29 is 0 Å². The van der Waals surface area contributed by atoms with Gasteiger partial charge in [0.25, 0.3) is 0 Å². The molecule has 2 aromatic heterocycles. The Kier molecular flexibility index (Phi) is 10.0. The minimum Gasteiger partial charge on any atom is -0.356 e. The van der Waals surface area contributed by atoms with E-state index >= 15 is 0 Å². The normalized spacial score (nSPS) is 11.2. The Morgan fingerprint density at radius 2 is 2.13 bits per heavy atom. The Bertz CT molecular complexity index is 610. The monoisotopic (exact) mass is 560 g/mol. The van der Waals surface area contributed by atoms with Crippen molar-refractivity contribution in [1.29, 1.82) is 0 Å². The number of halogens is 2. The second kappa shape index (κ2) is 11.2. The Morgan fingerprint density at radius 1 is 1.35 bits per heavy atom. The van der Waals surface area contributed by atoms with Crippen LogP contribution < -0.4 is 10.6 Å². The maximum Gasteiger partial charge on any atom is 0.191 e. The van der Waals surface area contributed by atoms with Crippen molar-refractivity contribution in [3.63, 3.8) is 0 Å². The second-order valence-electron chi connectivity index (χ2n) is 4.68. The summed E-state index contributed by atoms with van der Waals surface area (Å²) in [5.74, 6) is 1.84. The highest BCUT2D eigenvalue weighted by Gasteiger charge is 2.03. The van der Waals surface area contributed by atoms with E-state index in [1.807, 2.05) is 11.3 Å². The first kappa shape index (κ1) is 20.6. The summed E-state index contributed by atoms with van der Waals surface area (Å²) in [6.07, 6.45) is 3.68. The van der Waals surface area contributed by atoms with E-state index in [0.29, 0.717) is 0 Å². The van der Waals surface area contributed by atoms with Crippen LogP contribution in [0.5, 0.6) is 0 Å². The fraction of sp³-hybridized carbons (Fsp3) is 0.500. The summed E-state index contributed by atoms with van der Waals surface area (Å²) in [5.41, 5.74) is 0. The highest BCUT2D eigenvalue weighted by Crippen LogP contribution is 2.18. The number of rotatable bonds is 7. The minimum atomic E-state index is 0. The third-order valence-electron chi connectivity index (χ3n) is 3.17. The van der Waals surface area contributed by atoms with Crippen molar-refractivity contribution in [2.24, 2.45) is 4.99 Å². The van der Waals surface area contributed by atoms with Gasteiger partial charge in [0.15, 0.2) is 5.96 Å². The molecule has 0 atom stereocenters. The molecule has 0 aliphatic carbocycles. The maximum atomic E-state index is 4.24. The van der Waals surface area contributed by atoms with E-state index in [4.69, 9.17) is 0 Å². The van der Waals surface area contributed by atoms with Crippen LogP contribution in [-0.2, 0) is 19.4 Å². The van der Waals surface area contributed by atoms with Crippen molar-refractivity contribution in [2.45, 2.75) is 26.3 Å². The van der Waals surface area contributed by atoms with Gasteiger partial charge in [0.1, 0.15) is 12.2 Å². The largest absolute Gasteiger partial charge is 0.356 e. The Labute approximate surface area is 171 Å². The molecule has 0 bridgehead atoms. The smallest absolute Gasteiger partial charge is 0.191 e. The van der Waals surface area contributed by atoms with Crippen LogP contribution in [0.1, 0.15) is 17.6 Å². The average Bonchev–Trinajstić information content (AvgIpc) is 3.14. The molecule has 0 aliphatic rings. The van der Waals surface area contributed by atoms with Gasteiger partial charge < -0.3 is 15.2 Å². The number of hydrogen-bond acceptors (Lipinski definition) is 4. The molecule has 0 aromatic carbocycles. The highest BCUT2D eigenvalue weighted by atomic mass is 127. The zero-order chi connectivity index (χ0) is 15.8. The van der Waals surface area contributed by atoms with E-state index in [-0.39, 0.29) is 24.0 Å². The van der Waals surface area contributed by atoms with E-state index in [9.17, 15) is 0 Å². The molecule has 0 unspecified atom stereocenters. The van der Waals surface area contributed by atoms with Crippen LogP contribution in [0.25, 0.3) is 0 Å². The lowest BCUT2D eigenvalue weighted by molar-refractivity contribution is 0.632. The molecule has 2 rings (SSSR count). The topological polar surface area (TPSA) is 67.1 Å². The van der Waals surface area contributed by atoms with E-state index in [2.05, 4.69) is 72.0 Å². The lowest BCUT2D eigenvalue weighted by Crippen LogP contribution is -2.39. The fourth-order valence-corrected chi connectivity index (χ4v) is 3.80. The summed E-state index contributed by atoms with van der Waals surface area (Å²) >= 11 is 4.19. The number of hydrogen-bond donors (Lipinski definition) is 2. The number of aromatic nitrogens is 3. The first-order chi connectivity index (χ1) is 10.7. The van der Waals surface area contributed by atoms with Gasteiger partial charge in [0, 0.05) is 38.0 Å². The summed E-state index contributed by atoms with van der Waals surface area (Å²) in [7, 11) is 1.79. The molecular weight excluding hydrogens is 538 g/mol. The average molecular weight is 560 g/mol. The Balaban J connectivity index is 0.00000264. The molecule has 0 saturated carbocycles. The third-order valence-corrected chi connectivity index (χ3v) is 5.13. The predicted octanol–water partition coefficient (Wildman–Crippen LogP) is 2.53. The van der Waals surface area contributed by atoms with E-state index in [0.717, 1.165) is 44.3 Å². The molecule has 9 heteroatoms. The van der Waals surface area contributed by atoms with E-state index in [1.54, 1.807) is 13.4 Å². The highest BCUT2D eigenvalue weighted by molar-refractivity contribution is 14.1. The summed E-state index contributed by atoms with van der Waals surface area (Å²) < 4.78 is 3.39. The molecular formula is C14H22I2N6S.